The lowest BCUT2D eigenvalue weighted by molar-refractivity contribution is 0.0467. The van der Waals surface area contributed by atoms with Crippen LogP contribution in [0.25, 0.3) is 22.5 Å². The second-order valence-corrected chi connectivity index (χ2v) is 13.3. The van der Waals surface area contributed by atoms with Crippen LogP contribution in [-0.2, 0) is 4.74 Å². The number of unbranched alkanes of at least 4 members (excludes halogenated alkanes) is 15. The molecule has 0 bridgehead atoms. The Morgan fingerprint density at radius 2 is 1.14 bits per heavy atom. The molecule has 1 heterocycles. The number of nitrogens with zero attached hydrogens (tertiary/aromatic N) is 1. The Balaban J connectivity index is 1.23. The normalized spacial score (nSPS) is 12.2. The molecule has 0 aliphatic heterocycles. The minimum absolute atomic E-state index is 0.377. The fourth-order valence-corrected chi connectivity index (χ4v) is 6.24. The first kappa shape index (κ1) is 35.4. The van der Waals surface area contributed by atoms with E-state index < -0.39 is 6.10 Å². The number of aliphatic hydroxyl groups is 1. The van der Waals surface area contributed by atoms with E-state index in [0.717, 1.165) is 40.7 Å². The zero-order valence-corrected chi connectivity index (χ0v) is 28.2. The molecule has 3 rings (SSSR count). The summed E-state index contributed by atoms with van der Waals surface area (Å²) in [5.41, 5.74) is 6.63. The van der Waals surface area contributed by atoms with Crippen LogP contribution in [0.15, 0.2) is 53.7 Å². The Hall–Kier alpha value is -2.08. The number of aromatic amines is 1. The van der Waals surface area contributed by atoms with E-state index in [1.807, 2.05) is 0 Å². The van der Waals surface area contributed by atoms with E-state index in [9.17, 15) is 5.11 Å². The first-order valence-electron chi connectivity index (χ1n) is 17.2. The smallest absolute Gasteiger partial charge is 0.166 e. The second kappa shape index (κ2) is 21.6. The molecule has 0 radical (unpaired) electrons. The van der Waals surface area contributed by atoms with Crippen molar-refractivity contribution in [2.45, 2.75) is 135 Å². The number of nitrogens with one attached hydrogen (secondary N) is 1. The highest BCUT2D eigenvalue weighted by molar-refractivity contribution is 7.99. The van der Waals surface area contributed by atoms with E-state index in [4.69, 9.17) is 9.72 Å². The molecule has 2 aromatic carbocycles. The summed E-state index contributed by atoms with van der Waals surface area (Å²) in [5.74, 6) is 0.549. The summed E-state index contributed by atoms with van der Waals surface area (Å²) in [4.78, 5) is 8.43. The second-order valence-electron chi connectivity index (χ2n) is 12.3. The van der Waals surface area contributed by atoms with Crippen LogP contribution in [-0.4, -0.2) is 40.1 Å². The fraction of sp³-hybridized carbons (Fsp3) is 0.605. The largest absolute Gasteiger partial charge is 0.390 e. The summed E-state index contributed by atoms with van der Waals surface area (Å²) in [6, 6.07) is 17.0. The summed E-state index contributed by atoms with van der Waals surface area (Å²) in [6.07, 6.45) is 21.4. The van der Waals surface area contributed by atoms with Gasteiger partial charge in [-0.1, -0.05) is 175 Å². The zero-order chi connectivity index (χ0) is 30.5. The van der Waals surface area contributed by atoms with Gasteiger partial charge in [-0.25, -0.2) is 4.98 Å². The zero-order valence-electron chi connectivity index (χ0n) is 27.3. The summed E-state index contributed by atoms with van der Waals surface area (Å²) in [6.45, 7) is 7.60. The topological polar surface area (TPSA) is 58.1 Å². The molecule has 4 nitrogen and oxygen atoms in total. The molecule has 5 heteroatoms. The number of hydrogen-bond acceptors (Lipinski definition) is 4. The molecule has 1 atom stereocenters. The van der Waals surface area contributed by atoms with Gasteiger partial charge in [0.25, 0.3) is 0 Å². The lowest BCUT2D eigenvalue weighted by atomic mass is 10.0. The number of aliphatic hydroxyl groups excluding tert-OH is 1. The van der Waals surface area contributed by atoms with Crippen molar-refractivity contribution in [3.63, 3.8) is 0 Å². The summed E-state index contributed by atoms with van der Waals surface area (Å²) in [7, 11) is 0. The summed E-state index contributed by atoms with van der Waals surface area (Å²) < 4.78 is 5.80. The van der Waals surface area contributed by atoms with Crippen LogP contribution in [0, 0.1) is 13.8 Å². The van der Waals surface area contributed by atoms with Crippen LogP contribution in [0.5, 0.6) is 0 Å². The number of aryl methyl sites for hydroxylation is 2. The van der Waals surface area contributed by atoms with Gasteiger partial charge in [0.15, 0.2) is 5.16 Å². The summed E-state index contributed by atoms with van der Waals surface area (Å²) >= 11 is 1.55. The molecule has 0 spiro atoms. The van der Waals surface area contributed by atoms with Gasteiger partial charge < -0.3 is 14.8 Å². The standard InChI is InChI=1S/C38H58N2O2S/c1-4-5-6-7-8-9-10-11-12-13-14-15-16-17-18-19-28-42-29-35(41)30-43-38-39-36(33-24-20-31(2)21-25-33)37(40-38)34-26-22-32(3)23-27-34/h20-27,35,41H,4-19,28-30H2,1-3H3,(H,39,40). The average molecular weight is 607 g/mol. The molecule has 0 aliphatic rings. The molecule has 2 N–H and O–H groups in total. The van der Waals surface area contributed by atoms with Crippen molar-refractivity contribution in [2.75, 3.05) is 19.0 Å². The van der Waals surface area contributed by atoms with Crippen LogP contribution < -0.4 is 0 Å². The van der Waals surface area contributed by atoms with Crippen molar-refractivity contribution in [3.8, 4) is 22.5 Å². The van der Waals surface area contributed by atoms with Gasteiger partial charge >= 0.3 is 0 Å². The predicted molar refractivity (Wildman–Crippen MR) is 186 cm³/mol. The molecule has 1 aromatic heterocycles. The highest BCUT2D eigenvalue weighted by atomic mass is 32.2. The van der Waals surface area contributed by atoms with Gasteiger partial charge in [0.05, 0.1) is 24.1 Å². The number of thioether (sulfide) groups is 1. The number of rotatable bonds is 24. The minimum Gasteiger partial charge on any atom is -0.390 e. The molecule has 1 unspecified atom stereocenters. The van der Waals surface area contributed by atoms with Gasteiger partial charge in [-0.2, -0.15) is 0 Å². The van der Waals surface area contributed by atoms with E-state index >= 15 is 0 Å². The van der Waals surface area contributed by atoms with Crippen LogP contribution >= 0.6 is 11.8 Å². The van der Waals surface area contributed by atoms with Crippen molar-refractivity contribution >= 4 is 11.8 Å². The number of hydrogen-bond donors (Lipinski definition) is 2. The first-order chi connectivity index (χ1) is 21.1. The maximum Gasteiger partial charge on any atom is 0.166 e. The number of aromatic nitrogens is 2. The molecule has 0 saturated heterocycles. The molecule has 43 heavy (non-hydrogen) atoms. The lowest BCUT2D eigenvalue weighted by Crippen LogP contribution is -2.18. The van der Waals surface area contributed by atoms with Crippen LogP contribution in [0.3, 0.4) is 0 Å². The van der Waals surface area contributed by atoms with E-state index in [1.54, 1.807) is 11.8 Å². The third-order valence-corrected chi connectivity index (χ3v) is 9.23. The summed E-state index contributed by atoms with van der Waals surface area (Å²) in [5, 5.41) is 11.4. The molecular formula is C38H58N2O2S. The number of ether oxygens (including phenoxy) is 1. The van der Waals surface area contributed by atoms with Crippen molar-refractivity contribution < 1.29 is 9.84 Å². The van der Waals surface area contributed by atoms with Gasteiger partial charge in [0.2, 0.25) is 0 Å². The maximum atomic E-state index is 10.5. The Kier molecular flexibility index (Phi) is 17.8. The van der Waals surface area contributed by atoms with Gasteiger partial charge in [-0.3, -0.25) is 0 Å². The van der Waals surface area contributed by atoms with E-state index in [-0.39, 0.29) is 0 Å². The van der Waals surface area contributed by atoms with E-state index in [0.29, 0.717) is 12.4 Å². The monoisotopic (exact) mass is 606 g/mol. The van der Waals surface area contributed by atoms with Crippen molar-refractivity contribution in [1.82, 2.24) is 9.97 Å². The molecule has 0 saturated carbocycles. The Morgan fingerprint density at radius 1 is 0.674 bits per heavy atom. The maximum absolute atomic E-state index is 10.5. The van der Waals surface area contributed by atoms with Crippen molar-refractivity contribution in [1.29, 1.82) is 0 Å². The third kappa shape index (κ3) is 14.5. The van der Waals surface area contributed by atoms with Crippen LogP contribution in [0.1, 0.15) is 121 Å². The quantitative estimate of drug-likeness (QED) is 0.0786. The van der Waals surface area contributed by atoms with Gasteiger partial charge in [0.1, 0.15) is 0 Å². The molecule has 3 aromatic rings. The number of benzene rings is 2. The van der Waals surface area contributed by atoms with Crippen LogP contribution in [0.4, 0.5) is 0 Å². The highest BCUT2D eigenvalue weighted by Crippen LogP contribution is 2.33. The van der Waals surface area contributed by atoms with Crippen molar-refractivity contribution in [3.05, 3.63) is 59.7 Å². The molecule has 238 valence electrons. The average Bonchev–Trinajstić information content (AvgIpc) is 3.44. The molecule has 0 fully saturated rings. The minimum atomic E-state index is -0.512. The molecular weight excluding hydrogens is 548 g/mol. The number of H-pyrrole nitrogens is 1. The lowest BCUT2D eigenvalue weighted by Gasteiger charge is -2.10. The van der Waals surface area contributed by atoms with Crippen molar-refractivity contribution in [2.24, 2.45) is 0 Å². The molecule has 0 aliphatic carbocycles. The predicted octanol–water partition coefficient (Wildman–Crippen LogP) is 11.1. The van der Waals surface area contributed by atoms with Gasteiger partial charge in [-0.15, -0.1) is 0 Å². The SMILES string of the molecule is CCCCCCCCCCCCCCCCCCOCC(O)CSc1nc(-c2ccc(C)cc2)c(-c2ccc(C)cc2)[nH]1. The molecule has 0 amide bonds. The van der Waals surface area contributed by atoms with E-state index in [2.05, 4.69) is 74.3 Å². The Bertz CT molecular complexity index is 1050. The third-order valence-electron chi connectivity index (χ3n) is 8.21. The highest BCUT2D eigenvalue weighted by Gasteiger charge is 2.16. The Morgan fingerprint density at radius 3 is 1.65 bits per heavy atom. The Labute approximate surface area is 266 Å². The van der Waals surface area contributed by atoms with Gasteiger partial charge in [-0.05, 0) is 20.3 Å². The fourth-order valence-electron chi connectivity index (χ4n) is 5.46. The van der Waals surface area contributed by atoms with Crippen LogP contribution in [0.2, 0.25) is 0 Å². The number of imidazole rings is 1. The first-order valence-corrected chi connectivity index (χ1v) is 18.2. The van der Waals surface area contributed by atoms with E-state index in [1.165, 1.54) is 107 Å². The van der Waals surface area contributed by atoms with Gasteiger partial charge in [0, 0.05) is 23.5 Å².